The van der Waals surface area contributed by atoms with Crippen LogP contribution in [0.1, 0.15) is 11.3 Å². The zero-order valence-corrected chi connectivity index (χ0v) is 16.1. The minimum absolute atomic E-state index is 0.0607. The first-order valence-electron chi connectivity index (χ1n) is 7.19. The lowest BCUT2D eigenvalue weighted by Gasteiger charge is -2.16. The second kappa shape index (κ2) is 6.57. The molecule has 0 atom stereocenters. The smallest absolute Gasteiger partial charge is 0.386 e. The van der Waals surface area contributed by atoms with Gasteiger partial charge in [-0.25, -0.2) is 4.98 Å². The molecular formula is C15H15BrClN5O3. The molecule has 3 aromatic rings. The summed E-state index contributed by atoms with van der Waals surface area (Å²) in [6.45, 7) is 1.95. The lowest BCUT2D eigenvalue weighted by molar-refractivity contribution is -0.621. The van der Waals surface area contributed by atoms with Gasteiger partial charge in [-0.1, -0.05) is 11.6 Å². The van der Waals surface area contributed by atoms with Gasteiger partial charge < -0.3 is 25.0 Å². The molecule has 0 aromatic carbocycles. The maximum Gasteiger partial charge on any atom is 0.386 e. The molecule has 8 nitrogen and oxygen atoms in total. The van der Waals surface area contributed by atoms with Crippen molar-refractivity contribution in [1.82, 2.24) is 14.5 Å². The van der Waals surface area contributed by atoms with Crippen LogP contribution >= 0.6 is 27.5 Å². The van der Waals surface area contributed by atoms with Gasteiger partial charge in [0, 0.05) is 6.20 Å². The largest absolute Gasteiger partial charge is 0.616 e. The van der Waals surface area contributed by atoms with Crippen LogP contribution in [0.5, 0.6) is 11.6 Å². The van der Waals surface area contributed by atoms with E-state index in [0.717, 1.165) is 4.73 Å². The Morgan fingerprint density at radius 1 is 1.36 bits per heavy atom. The van der Waals surface area contributed by atoms with Gasteiger partial charge in [0.2, 0.25) is 11.6 Å². The van der Waals surface area contributed by atoms with Crippen LogP contribution in [0.2, 0.25) is 5.15 Å². The number of pyridine rings is 1. The van der Waals surface area contributed by atoms with E-state index in [1.807, 2.05) is 0 Å². The Kier molecular flexibility index (Phi) is 4.61. The number of hydrogen-bond acceptors (Lipinski definition) is 6. The topological polar surface area (TPSA) is 102 Å². The Morgan fingerprint density at radius 2 is 2.08 bits per heavy atom. The van der Waals surface area contributed by atoms with Crippen molar-refractivity contribution < 1.29 is 14.2 Å². The van der Waals surface area contributed by atoms with Gasteiger partial charge in [-0.2, -0.15) is 4.98 Å². The predicted molar refractivity (Wildman–Crippen MR) is 97.0 cm³/mol. The molecule has 10 heteroatoms. The Labute approximate surface area is 156 Å². The van der Waals surface area contributed by atoms with Crippen molar-refractivity contribution in [1.29, 1.82) is 0 Å². The molecule has 0 bridgehead atoms. The summed E-state index contributed by atoms with van der Waals surface area (Å²) >= 11 is 9.54. The number of nitrogen functional groups attached to an aromatic ring is 1. The van der Waals surface area contributed by atoms with E-state index in [1.54, 1.807) is 23.8 Å². The number of halogens is 2. The highest BCUT2D eigenvalue weighted by Crippen LogP contribution is 2.35. The average molecular weight is 429 g/mol. The minimum Gasteiger partial charge on any atom is -0.616 e. The summed E-state index contributed by atoms with van der Waals surface area (Å²) in [5.41, 5.74) is 7.20. The number of nitrogens with two attached hydrogens (primary N) is 1. The van der Waals surface area contributed by atoms with Gasteiger partial charge in [0.15, 0.2) is 5.75 Å². The zero-order valence-electron chi connectivity index (χ0n) is 13.7. The fourth-order valence-electron chi connectivity index (χ4n) is 2.70. The van der Waals surface area contributed by atoms with Crippen molar-refractivity contribution in [3.05, 3.63) is 38.4 Å². The average Bonchev–Trinajstić information content (AvgIpc) is 2.95. The van der Waals surface area contributed by atoms with E-state index in [9.17, 15) is 5.21 Å². The molecule has 0 aliphatic carbocycles. The van der Waals surface area contributed by atoms with Crippen LogP contribution in [0, 0.1) is 12.1 Å². The number of fused-ring (bicyclic) bond motifs is 1. The van der Waals surface area contributed by atoms with E-state index in [0.29, 0.717) is 32.5 Å². The van der Waals surface area contributed by atoms with Crippen molar-refractivity contribution in [2.75, 3.05) is 20.0 Å². The molecule has 0 unspecified atom stereocenters. The molecule has 0 aliphatic rings. The lowest BCUT2D eigenvalue weighted by atomic mass is 10.2. The Hall–Kier alpha value is -2.26. The van der Waals surface area contributed by atoms with Gasteiger partial charge >= 0.3 is 5.88 Å². The normalized spacial score (nSPS) is 11.1. The van der Waals surface area contributed by atoms with Crippen LogP contribution in [0.4, 0.5) is 5.95 Å². The fraction of sp³-hybridized carbons (Fsp3) is 0.267. The highest BCUT2D eigenvalue weighted by Gasteiger charge is 2.27. The van der Waals surface area contributed by atoms with Crippen molar-refractivity contribution in [3.63, 3.8) is 0 Å². The Morgan fingerprint density at radius 3 is 2.72 bits per heavy atom. The van der Waals surface area contributed by atoms with Gasteiger partial charge in [0.25, 0.3) is 0 Å². The number of nitrogens with zero attached hydrogens (tertiary/aromatic N) is 4. The minimum atomic E-state index is 0.0607. The number of anilines is 1. The first kappa shape index (κ1) is 17.6. The zero-order chi connectivity index (χ0) is 18.3. The van der Waals surface area contributed by atoms with Crippen LogP contribution in [0.25, 0.3) is 11.0 Å². The molecule has 0 amide bonds. The van der Waals surface area contributed by atoms with Crippen LogP contribution in [-0.2, 0) is 6.54 Å². The molecule has 25 heavy (non-hydrogen) atoms. The van der Waals surface area contributed by atoms with Gasteiger partial charge in [-0.3, -0.25) is 0 Å². The number of hydrogen-bond donors (Lipinski definition) is 1. The van der Waals surface area contributed by atoms with E-state index in [-0.39, 0.29) is 23.5 Å². The monoisotopic (exact) mass is 427 g/mol. The maximum atomic E-state index is 12.7. The predicted octanol–water partition coefficient (Wildman–Crippen LogP) is 2.44. The van der Waals surface area contributed by atoms with Crippen molar-refractivity contribution in [3.8, 4) is 11.6 Å². The summed E-state index contributed by atoms with van der Waals surface area (Å²) in [6.07, 6.45) is 1.76. The molecule has 2 N–H and O–H groups in total. The Balaban J connectivity index is 2.19. The molecule has 0 spiro atoms. The molecule has 3 rings (SSSR count). The van der Waals surface area contributed by atoms with Crippen LogP contribution in [0.3, 0.4) is 0 Å². The number of methoxy groups -OCH3 is 2. The molecule has 0 radical (unpaired) electrons. The van der Waals surface area contributed by atoms with Crippen LogP contribution < -0.4 is 19.9 Å². The second-order valence-corrected chi connectivity index (χ2v) is 6.43. The van der Waals surface area contributed by atoms with Gasteiger partial charge in [0.1, 0.15) is 27.4 Å². The molecule has 0 aliphatic heterocycles. The van der Waals surface area contributed by atoms with E-state index in [2.05, 4.69) is 25.9 Å². The van der Waals surface area contributed by atoms with E-state index >= 15 is 0 Å². The molecule has 3 aromatic heterocycles. The second-order valence-electron chi connectivity index (χ2n) is 5.28. The van der Waals surface area contributed by atoms with E-state index in [4.69, 9.17) is 26.8 Å². The molecule has 132 valence electrons. The summed E-state index contributed by atoms with van der Waals surface area (Å²) in [4.78, 5) is 8.14. The van der Waals surface area contributed by atoms with Crippen LogP contribution in [0.15, 0.2) is 16.7 Å². The third kappa shape index (κ3) is 2.83. The first-order valence-corrected chi connectivity index (χ1v) is 8.36. The first-order chi connectivity index (χ1) is 11.9. The van der Waals surface area contributed by atoms with E-state index < -0.39 is 0 Å². The fourth-order valence-corrected chi connectivity index (χ4v) is 3.68. The summed E-state index contributed by atoms with van der Waals surface area (Å²) < 4.78 is 13.7. The van der Waals surface area contributed by atoms with Crippen molar-refractivity contribution in [2.24, 2.45) is 0 Å². The number of rotatable bonds is 4. The number of aromatic nitrogens is 4. The van der Waals surface area contributed by atoms with Crippen molar-refractivity contribution >= 4 is 44.5 Å². The summed E-state index contributed by atoms with van der Waals surface area (Å²) in [7, 11) is 2.97. The van der Waals surface area contributed by atoms with Crippen LogP contribution in [-0.4, -0.2) is 28.8 Å². The highest BCUT2D eigenvalue weighted by atomic mass is 79.9. The SMILES string of the molecule is COc1c(C)c(OC)[n+]([O-])c(Cn2ccc3c(Cl)nc(N)nc32)c1Br. The molecule has 0 saturated heterocycles. The highest BCUT2D eigenvalue weighted by molar-refractivity contribution is 9.10. The maximum absolute atomic E-state index is 12.7. The lowest BCUT2D eigenvalue weighted by Crippen LogP contribution is -2.36. The number of ether oxygens (including phenoxy) is 2. The molecule has 3 heterocycles. The third-order valence-corrected chi connectivity index (χ3v) is 4.96. The van der Waals surface area contributed by atoms with Gasteiger partial charge in [0.05, 0.1) is 19.6 Å². The quantitative estimate of drug-likeness (QED) is 0.389. The Bertz CT molecular complexity index is 945. The molecular weight excluding hydrogens is 414 g/mol. The summed E-state index contributed by atoms with van der Waals surface area (Å²) in [6, 6.07) is 1.77. The van der Waals surface area contributed by atoms with Crippen molar-refractivity contribution in [2.45, 2.75) is 13.5 Å². The van der Waals surface area contributed by atoms with Gasteiger partial charge in [-0.05, 0) is 28.9 Å². The summed E-state index contributed by atoms with van der Waals surface area (Å²) in [5.74, 6) is 0.756. The standard InChI is InChI=1S/C15H15BrClN5O3/c1-7-11(24-2)10(16)9(22(23)14(7)25-3)6-21-5-4-8-12(17)19-15(18)20-13(8)21/h4-5H,6H2,1-3H3,(H2,18,19,20). The molecule has 0 fully saturated rings. The third-order valence-electron chi connectivity index (χ3n) is 3.85. The van der Waals surface area contributed by atoms with Gasteiger partial charge in [-0.15, -0.1) is 4.73 Å². The molecule has 0 saturated carbocycles. The van der Waals surface area contributed by atoms with E-state index in [1.165, 1.54) is 14.2 Å². The summed E-state index contributed by atoms with van der Waals surface area (Å²) in [5, 5.41) is 13.6.